The maximum Gasteiger partial charge on any atom is 0.240 e. The summed E-state index contributed by atoms with van der Waals surface area (Å²) in [5.41, 5.74) is 1.06. The van der Waals surface area contributed by atoms with E-state index in [9.17, 15) is 13.5 Å². The summed E-state index contributed by atoms with van der Waals surface area (Å²) in [5, 5.41) is 10.3. The molecule has 2 N–H and O–H groups in total. The number of nitrogens with one attached hydrogen (secondary N) is 1. The molecule has 26 heavy (non-hydrogen) atoms. The minimum atomic E-state index is -3.61. The summed E-state index contributed by atoms with van der Waals surface area (Å²) in [6.45, 7) is 1.75. The topological polar surface area (TPSA) is 69.6 Å². The lowest BCUT2D eigenvalue weighted by molar-refractivity contribution is 0.0613. The molecule has 2 aromatic carbocycles. The maximum absolute atomic E-state index is 12.6. The van der Waals surface area contributed by atoms with Crippen molar-refractivity contribution in [1.82, 2.24) is 9.62 Å². The van der Waals surface area contributed by atoms with Crippen molar-refractivity contribution >= 4 is 21.6 Å². The summed E-state index contributed by atoms with van der Waals surface area (Å²) >= 11 is 5.84. The maximum atomic E-state index is 12.6. The van der Waals surface area contributed by atoms with Crippen LogP contribution in [-0.4, -0.2) is 44.2 Å². The van der Waals surface area contributed by atoms with Crippen molar-refractivity contribution in [2.75, 3.05) is 19.6 Å². The zero-order chi connectivity index (χ0) is 18.6. The third kappa shape index (κ3) is 4.84. The number of hydrogen-bond donors (Lipinski definition) is 2. The molecule has 1 fully saturated rings. The normalized spacial score (nSPS) is 17.9. The molecule has 1 heterocycles. The molecule has 1 aliphatic rings. The molecule has 0 amide bonds. The van der Waals surface area contributed by atoms with E-state index in [1.54, 1.807) is 12.1 Å². The van der Waals surface area contributed by atoms with Crippen molar-refractivity contribution in [1.29, 1.82) is 0 Å². The first-order chi connectivity index (χ1) is 12.5. The molecule has 1 aliphatic heterocycles. The summed E-state index contributed by atoms with van der Waals surface area (Å²) in [4.78, 5) is 2.43. The van der Waals surface area contributed by atoms with Gasteiger partial charge in [-0.05, 0) is 42.7 Å². The first-order valence-electron chi connectivity index (χ1n) is 8.68. The van der Waals surface area contributed by atoms with Gasteiger partial charge in [0, 0.05) is 30.7 Å². The van der Waals surface area contributed by atoms with Crippen molar-refractivity contribution in [3.8, 4) is 0 Å². The minimum absolute atomic E-state index is 0.0780. The highest BCUT2D eigenvalue weighted by Gasteiger charge is 2.27. The van der Waals surface area contributed by atoms with Crippen LogP contribution >= 0.6 is 11.6 Å². The Balaban J connectivity index is 1.76. The van der Waals surface area contributed by atoms with Gasteiger partial charge in [-0.3, -0.25) is 4.90 Å². The predicted octanol–water partition coefficient (Wildman–Crippen LogP) is 2.82. The molecule has 2 aromatic rings. The summed E-state index contributed by atoms with van der Waals surface area (Å²) in [6, 6.07) is 15.9. The van der Waals surface area contributed by atoms with E-state index >= 15 is 0 Å². The first kappa shape index (κ1) is 19.3. The van der Waals surface area contributed by atoms with Crippen LogP contribution in [0.15, 0.2) is 59.5 Å². The van der Waals surface area contributed by atoms with E-state index in [0.29, 0.717) is 17.9 Å². The van der Waals surface area contributed by atoms with E-state index < -0.39 is 10.0 Å². The van der Waals surface area contributed by atoms with Crippen LogP contribution in [0.2, 0.25) is 5.02 Å². The standard InChI is InChI=1S/C19H23ClN2O3S/c20-16-6-8-18(9-7-16)26(24,25)21-14-19(15-4-2-1-3-5-15)22-12-10-17(23)11-13-22/h1-9,17,19,21,23H,10-14H2/t19-/m0/s1. The van der Waals surface area contributed by atoms with Crippen LogP contribution in [0.4, 0.5) is 0 Å². The Morgan fingerprint density at radius 1 is 1.08 bits per heavy atom. The zero-order valence-electron chi connectivity index (χ0n) is 14.4. The number of rotatable bonds is 6. The third-order valence-corrected chi connectivity index (χ3v) is 6.41. The van der Waals surface area contributed by atoms with Crippen LogP contribution in [0.25, 0.3) is 0 Å². The van der Waals surface area contributed by atoms with Gasteiger partial charge in [0.15, 0.2) is 0 Å². The first-order valence-corrected chi connectivity index (χ1v) is 10.5. The fourth-order valence-corrected chi connectivity index (χ4v) is 4.38. The molecule has 0 aliphatic carbocycles. The van der Waals surface area contributed by atoms with Crippen molar-refractivity contribution in [3.05, 3.63) is 65.2 Å². The number of sulfonamides is 1. The lowest BCUT2D eigenvalue weighted by Gasteiger charge is -2.36. The van der Waals surface area contributed by atoms with Crippen molar-refractivity contribution in [2.24, 2.45) is 0 Å². The Morgan fingerprint density at radius 2 is 1.69 bits per heavy atom. The molecule has 140 valence electrons. The highest BCUT2D eigenvalue weighted by molar-refractivity contribution is 7.89. The average Bonchev–Trinajstić information content (AvgIpc) is 2.64. The van der Waals surface area contributed by atoms with E-state index in [1.165, 1.54) is 12.1 Å². The van der Waals surface area contributed by atoms with Crippen LogP contribution < -0.4 is 4.72 Å². The van der Waals surface area contributed by atoms with E-state index in [-0.39, 0.29) is 23.6 Å². The number of piperidine rings is 1. The molecule has 0 radical (unpaired) electrons. The molecule has 1 atom stereocenters. The largest absolute Gasteiger partial charge is 0.393 e. The molecule has 0 spiro atoms. The van der Waals surface area contributed by atoms with Gasteiger partial charge < -0.3 is 5.11 Å². The second-order valence-corrected chi connectivity index (χ2v) is 8.70. The monoisotopic (exact) mass is 394 g/mol. The number of aliphatic hydroxyl groups is 1. The number of likely N-dealkylation sites (tertiary alicyclic amines) is 1. The van der Waals surface area contributed by atoms with Gasteiger partial charge >= 0.3 is 0 Å². The van der Waals surface area contributed by atoms with Gasteiger partial charge in [-0.15, -0.1) is 0 Å². The SMILES string of the molecule is O=S(=O)(NC[C@@H](c1ccccc1)N1CCC(O)CC1)c1ccc(Cl)cc1. The van der Waals surface area contributed by atoms with Gasteiger partial charge in [0.1, 0.15) is 0 Å². The second kappa shape index (κ2) is 8.50. The summed E-state index contributed by atoms with van der Waals surface area (Å²) < 4.78 is 27.9. The molecule has 0 unspecified atom stereocenters. The number of halogens is 1. The highest BCUT2D eigenvalue weighted by Crippen LogP contribution is 2.25. The van der Waals surface area contributed by atoms with Crippen LogP contribution in [-0.2, 0) is 10.0 Å². The van der Waals surface area contributed by atoms with E-state index in [0.717, 1.165) is 18.7 Å². The van der Waals surface area contributed by atoms with Gasteiger partial charge in [0.25, 0.3) is 0 Å². The van der Waals surface area contributed by atoms with E-state index in [1.807, 2.05) is 30.3 Å². The predicted molar refractivity (Wildman–Crippen MR) is 103 cm³/mol. The lowest BCUT2D eigenvalue weighted by atomic mass is 10.0. The highest BCUT2D eigenvalue weighted by atomic mass is 35.5. The second-order valence-electron chi connectivity index (χ2n) is 6.50. The fraction of sp³-hybridized carbons (Fsp3) is 0.368. The van der Waals surface area contributed by atoms with Crippen LogP contribution in [0.1, 0.15) is 24.4 Å². The Labute approximate surface area is 159 Å². The molecule has 5 nitrogen and oxygen atoms in total. The molecule has 0 saturated carbocycles. The summed E-state index contributed by atoms with van der Waals surface area (Å²) in [7, 11) is -3.61. The van der Waals surface area contributed by atoms with Crippen LogP contribution in [0.5, 0.6) is 0 Å². The van der Waals surface area contributed by atoms with Crippen molar-refractivity contribution in [3.63, 3.8) is 0 Å². The van der Waals surface area contributed by atoms with Gasteiger partial charge in [-0.25, -0.2) is 13.1 Å². The lowest BCUT2D eigenvalue weighted by Crippen LogP contribution is -2.43. The van der Waals surface area contributed by atoms with Crippen molar-refractivity contribution < 1.29 is 13.5 Å². The quantitative estimate of drug-likeness (QED) is 0.790. The molecule has 0 bridgehead atoms. The van der Waals surface area contributed by atoms with Gasteiger partial charge in [0.05, 0.1) is 11.0 Å². The number of hydrogen-bond acceptors (Lipinski definition) is 4. The van der Waals surface area contributed by atoms with Crippen molar-refractivity contribution in [2.45, 2.75) is 29.9 Å². The van der Waals surface area contributed by atoms with E-state index in [2.05, 4.69) is 9.62 Å². The Morgan fingerprint density at radius 3 is 2.31 bits per heavy atom. The molecular formula is C19H23ClN2O3S. The zero-order valence-corrected chi connectivity index (χ0v) is 16.0. The Kier molecular flexibility index (Phi) is 6.32. The molecular weight excluding hydrogens is 372 g/mol. The third-order valence-electron chi connectivity index (χ3n) is 4.71. The molecule has 7 heteroatoms. The smallest absolute Gasteiger partial charge is 0.240 e. The number of benzene rings is 2. The number of nitrogens with zero attached hydrogens (tertiary/aromatic N) is 1. The number of aliphatic hydroxyl groups excluding tert-OH is 1. The molecule has 0 aromatic heterocycles. The average molecular weight is 395 g/mol. The molecule has 1 saturated heterocycles. The van der Waals surface area contributed by atoms with Crippen LogP contribution in [0, 0.1) is 0 Å². The summed E-state index contributed by atoms with van der Waals surface area (Å²) in [6.07, 6.45) is 1.13. The molecule has 3 rings (SSSR count). The summed E-state index contributed by atoms with van der Waals surface area (Å²) in [5.74, 6) is 0. The van der Waals surface area contributed by atoms with Crippen LogP contribution in [0.3, 0.4) is 0 Å². The fourth-order valence-electron chi connectivity index (χ4n) is 3.22. The Hall–Kier alpha value is -1.44. The minimum Gasteiger partial charge on any atom is -0.393 e. The van der Waals surface area contributed by atoms with Gasteiger partial charge in [-0.1, -0.05) is 41.9 Å². The van der Waals surface area contributed by atoms with Gasteiger partial charge in [-0.2, -0.15) is 0 Å². The van der Waals surface area contributed by atoms with E-state index in [4.69, 9.17) is 11.6 Å². The van der Waals surface area contributed by atoms with Gasteiger partial charge in [0.2, 0.25) is 10.0 Å². The Bertz CT molecular complexity index is 804.